The first-order chi connectivity index (χ1) is 23.0. The lowest BCUT2D eigenvalue weighted by Crippen LogP contribution is -2.46. The molecule has 0 spiro atoms. The summed E-state index contributed by atoms with van der Waals surface area (Å²) in [4.78, 5) is 16.7. The summed E-state index contributed by atoms with van der Waals surface area (Å²) in [5.41, 5.74) is 5.64. The highest BCUT2D eigenvalue weighted by Crippen LogP contribution is 2.50. The van der Waals surface area contributed by atoms with Crippen molar-refractivity contribution < 1.29 is 13.2 Å². The van der Waals surface area contributed by atoms with E-state index in [1.54, 1.807) is 12.1 Å². The van der Waals surface area contributed by atoms with Crippen molar-refractivity contribution in [3.05, 3.63) is 53.2 Å². The van der Waals surface area contributed by atoms with Gasteiger partial charge >= 0.3 is 0 Å². The molecule has 4 nitrogen and oxygen atoms in total. The Labute approximate surface area is 287 Å². The number of pyridine rings is 1. The molecule has 2 aliphatic heterocycles. The number of piperidine rings is 1. The van der Waals surface area contributed by atoms with Gasteiger partial charge in [0.2, 0.25) is 0 Å². The zero-order chi connectivity index (χ0) is 34.1. The standard InChI is InChI=1S/C39H45F3N4SSi/c1-8-47-39-44-37-33-36(30(41)19-31-26-13-12-24(18-26)20-46(31)38(33)45-39)43-35(34(37)42)28-11-9-10-25-14-15-29(40)27(32(25)28)16-17-48(21(2)3,22(4)5)23(6)7/h9-11,14-15,21-24,26,30-31H,8,12-13,18-20H2,1-7H3/t24-,26+,30-,31+/m0/s1. The zero-order valence-corrected chi connectivity index (χ0v) is 30.8. The highest BCUT2D eigenvalue weighted by molar-refractivity contribution is 7.99. The van der Waals surface area contributed by atoms with Crippen LogP contribution in [0.4, 0.5) is 19.0 Å². The largest absolute Gasteiger partial charge is 0.352 e. The molecule has 2 fully saturated rings. The molecule has 252 valence electrons. The van der Waals surface area contributed by atoms with Crippen LogP contribution in [0.5, 0.6) is 0 Å². The van der Waals surface area contributed by atoms with Crippen molar-refractivity contribution in [3.63, 3.8) is 0 Å². The second-order valence-electron chi connectivity index (χ2n) is 15.0. The third kappa shape index (κ3) is 5.24. The number of fused-ring (bicyclic) bond motifs is 6. The predicted octanol–water partition coefficient (Wildman–Crippen LogP) is 10.8. The van der Waals surface area contributed by atoms with Crippen LogP contribution < -0.4 is 4.90 Å². The van der Waals surface area contributed by atoms with Gasteiger partial charge in [-0.2, -0.15) is 0 Å². The van der Waals surface area contributed by atoms with E-state index in [1.807, 2.05) is 19.1 Å². The second kappa shape index (κ2) is 12.7. The molecule has 0 unspecified atom stereocenters. The number of hydrogen-bond donors (Lipinski definition) is 0. The fraction of sp³-hybridized carbons (Fsp3) is 0.513. The number of aromatic nitrogens is 3. The van der Waals surface area contributed by atoms with Gasteiger partial charge in [-0.25, -0.2) is 28.1 Å². The van der Waals surface area contributed by atoms with E-state index in [2.05, 4.69) is 57.9 Å². The molecule has 1 aliphatic carbocycles. The molecule has 3 aliphatic rings. The van der Waals surface area contributed by atoms with Gasteiger partial charge < -0.3 is 4.90 Å². The maximum atomic E-state index is 17.2. The molecular formula is C39H45F3N4SSi. The number of hydrogen-bond acceptors (Lipinski definition) is 5. The summed E-state index contributed by atoms with van der Waals surface area (Å²) in [6, 6.07) is 8.58. The fourth-order valence-corrected chi connectivity index (χ4v) is 15.2. The molecule has 1 saturated carbocycles. The summed E-state index contributed by atoms with van der Waals surface area (Å²) in [5.74, 6) is 4.48. The van der Waals surface area contributed by atoms with Crippen LogP contribution >= 0.6 is 11.8 Å². The highest BCUT2D eigenvalue weighted by atomic mass is 32.2. The van der Waals surface area contributed by atoms with Gasteiger partial charge in [0.15, 0.2) is 11.0 Å². The van der Waals surface area contributed by atoms with Crippen molar-refractivity contribution in [2.75, 3.05) is 17.2 Å². The summed E-state index contributed by atoms with van der Waals surface area (Å²) >= 11 is 1.45. The highest BCUT2D eigenvalue weighted by Gasteiger charge is 2.46. The van der Waals surface area contributed by atoms with E-state index >= 15 is 13.2 Å². The Balaban J connectivity index is 1.50. The van der Waals surface area contributed by atoms with Gasteiger partial charge in [-0.3, -0.25) is 0 Å². The number of rotatable bonds is 6. The van der Waals surface area contributed by atoms with Crippen LogP contribution in [-0.4, -0.2) is 41.4 Å². The van der Waals surface area contributed by atoms with Crippen molar-refractivity contribution in [1.82, 2.24) is 15.0 Å². The van der Waals surface area contributed by atoms with E-state index < -0.39 is 25.9 Å². The van der Waals surface area contributed by atoms with E-state index in [-0.39, 0.29) is 34.9 Å². The monoisotopic (exact) mass is 686 g/mol. The van der Waals surface area contributed by atoms with Crippen LogP contribution in [0.25, 0.3) is 32.9 Å². The summed E-state index contributed by atoms with van der Waals surface area (Å²) in [6.45, 7) is 16.1. The SMILES string of the molecule is CCSc1nc2c3c(nc(-c4cccc5ccc(F)c(C#C[Si](C(C)C)(C(C)C)C(C)C)c45)c(F)c3n1)[C@@H](F)C[C@@H]1[C@@H]3CC[C@@H](C3)CN21. The third-order valence-electron chi connectivity index (χ3n) is 11.6. The molecule has 0 amide bonds. The lowest BCUT2D eigenvalue weighted by molar-refractivity contribution is 0.239. The number of thioether (sulfide) groups is 1. The molecule has 4 atom stereocenters. The topological polar surface area (TPSA) is 41.9 Å². The Kier molecular flexibility index (Phi) is 8.81. The van der Waals surface area contributed by atoms with E-state index in [0.29, 0.717) is 55.8 Å². The predicted molar refractivity (Wildman–Crippen MR) is 195 cm³/mol. The summed E-state index contributed by atoms with van der Waals surface area (Å²) in [6.07, 6.45) is 2.18. The van der Waals surface area contributed by atoms with Crippen molar-refractivity contribution in [2.24, 2.45) is 11.8 Å². The van der Waals surface area contributed by atoms with Gasteiger partial charge in [-0.1, -0.05) is 90.4 Å². The van der Waals surface area contributed by atoms with E-state index in [9.17, 15) is 0 Å². The molecule has 1 saturated heterocycles. The zero-order valence-electron chi connectivity index (χ0n) is 29.0. The minimum absolute atomic E-state index is 0.0158. The fourth-order valence-electron chi connectivity index (χ4n) is 9.43. The number of benzene rings is 2. The summed E-state index contributed by atoms with van der Waals surface area (Å²) in [7, 11) is -2.22. The lowest BCUT2D eigenvalue weighted by atomic mass is 9.87. The Morgan fingerprint density at radius 2 is 1.69 bits per heavy atom. The molecule has 2 bridgehead atoms. The third-order valence-corrected chi connectivity index (χ3v) is 18.6. The quantitative estimate of drug-likeness (QED) is 0.0874. The normalized spacial score (nSPS) is 22.1. The van der Waals surface area contributed by atoms with Gasteiger partial charge in [-0.15, -0.1) is 5.54 Å². The molecule has 7 rings (SSSR count). The molecule has 0 radical (unpaired) electrons. The summed E-state index contributed by atoms with van der Waals surface area (Å²) in [5, 5.41) is 2.08. The number of anilines is 1. The molecule has 0 N–H and O–H groups in total. The minimum atomic E-state index is -2.22. The van der Waals surface area contributed by atoms with Crippen molar-refractivity contribution in [3.8, 4) is 22.7 Å². The molecule has 4 aromatic rings. The van der Waals surface area contributed by atoms with Gasteiger partial charge in [-0.05, 0) is 64.9 Å². The smallest absolute Gasteiger partial charge is 0.190 e. The Morgan fingerprint density at radius 1 is 0.938 bits per heavy atom. The first kappa shape index (κ1) is 33.4. The Bertz CT molecular complexity index is 1950. The van der Waals surface area contributed by atoms with Crippen molar-refractivity contribution in [1.29, 1.82) is 0 Å². The first-order valence-corrected chi connectivity index (χ1v) is 20.9. The van der Waals surface area contributed by atoms with Crippen LogP contribution in [0.1, 0.15) is 91.6 Å². The van der Waals surface area contributed by atoms with Crippen LogP contribution in [0.3, 0.4) is 0 Å². The van der Waals surface area contributed by atoms with Crippen LogP contribution in [-0.2, 0) is 0 Å². The minimum Gasteiger partial charge on any atom is -0.352 e. The van der Waals surface area contributed by atoms with E-state index in [0.717, 1.165) is 36.9 Å². The Hall–Kier alpha value is -3.09. The summed E-state index contributed by atoms with van der Waals surface area (Å²) < 4.78 is 49.8. The van der Waals surface area contributed by atoms with Crippen molar-refractivity contribution >= 4 is 47.3 Å². The molecular weight excluding hydrogens is 642 g/mol. The maximum absolute atomic E-state index is 17.2. The maximum Gasteiger partial charge on any atom is 0.190 e. The van der Waals surface area contributed by atoms with Gasteiger partial charge in [0, 0.05) is 30.0 Å². The average molecular weight is 687 g/mol. The van der Waals surface area contributed by atoms with Crippen LogP contribution in [0, 0.1) is 34.9 Å². The molecule has 2 aromatic carbocycles. The number of alkyl halides is 1. The van der Waals surface area contributed by atoms with Crippen molar-refractivity contribution in [2.45, 2.75) is 108 Å². The van der Waals surface area contributed by atoms with Gasteiger partial charge in [0.25, 0.3) is 0 Å². The molecule has 9 heteroatoms. The number of nitrogens with zero attached hydrogens (tertiary/aromatic N) is 4. The molecule has 48 heavy (non-hydrogen) atoms. The molecule has 2 aromatic heterocycles. The van der Waals surface area contributed by atoms with E-state index in [4.69, 9.17) is 15.0 Å². The molecule has 4 heterocycles. The Morgan fingerprint density at radius 3 is 2.40 bits per heavy atom. The lowest BCUT2D eigenvalue weighted by Gasteiger charge is -2.40. The second-order valence-corrected chi connectivity index (χ2v) is 21.8. The first-order valence-electron chi connectivity index (χ1n) is 17.7. The van der Waals surface area contributed by atoms with Crippen LogP contribution in [0.15, 0.2) is 35.5 Å². The van der Waals surface area contributed by atoms with Gasteiger partial charge in [0.1, 0.15) is 37.1 Å². The van der Waals surface area contributed by atoms with Gasteiger partial charge in [0.05, 0.1) is 16.6 Å². The average Bonchev–Trinajstić information content (AvgIpc) is 3.39. The van der Waals surface area contributed by atoms with E-state index in [1.165, 1.54) is 17.8 Å². The van der Waals surface area contributed by atoms with Crippen LogP contribution in [0.2, 0.25) is 16.6 Å². The number of halogens is 3.